The van der Waals surface area contributed by atoms with E-state index in [4.69, 9.17) is 4.74 Å². The number of nitrogens with zero attached hydrogens (tertiary/aromatic N) is 1. The second kappa shape index (κ2) is 6.80. The first-order chi connectivity index (χ1) is 9.68. The van der Waals surface area contributed by atoms with Crippen molar-refractivity contribution in [1.29, 1.82) is 0 Å². The number of rotatable bonds is 6. The maximum atomic E-state index is 13.6. The molecule has 1 heterocycles. The molecule has 0 fully saturated rings. The van der Waals surface area contributed by atoms with Gasteiger partial charge < -0.3 is 4.74 Å². The number of ketones is 1. The van der Waals surface area contributed by atoms with E-state index < -0.39 is 5.82 Å². The van der Waals surface area contributed by atoms with Crippen molar-refractivity contribution in [3.05, 3.63) is 59.7 Å². The van der Waals surface area contributed by atoms with Crippen LogP contribution in [-0.4, -0.2) is 17.4 Å². The van der Waals surface area contributed by atoms with Gasteiger partial charge in [-0.2, -0.15) is 0 Å². The zero-order chi connectivity index (χ0) is 14.4. The van der Waals surface area contributed by atoms with Crippen molar-refractivity contribution in [3.63, 3.8) is 0 Å². The molecule has 4 heteroatoms. The number of pyridine rings is 1. The van der Waals surface area contributed by atoms with Crippen LogP contribution in [0.1, 0.15) is 29.3 Å². The predicted octanol–water partition coefficient (Wildman–Crippen LogP) is 3.43. The van der Waals surface area contributed by atoms with Crippen LogP contribution < -0.4 is 4.74 Å². The van der Waals surface area contributed by atoms with Crippen LogP contribution in [0.25, 0.3) is 0 Å². The number of carbonyl (C=O) groups is 1. The monoisotopic (exact) mass is 273 g/mol. The van der Waals surface area contributed by atoms with E-state index in [0.717, 1.165) is 12.8 Å². The Morgan fingerprint density at radius 2 is 2.00 bits per heavy atom. The molecule has 104 valence electrons. The summed E-state index contributed by atoms with van der Waals surface area (Å²) in [5.41, 5.74) is 1.20. The number of Topliss-reactive ketones (excluding diaryl/α,β-unsaturated/α-hetero) is 1. The van der Waals surface area contributed by atoms with E-state index >= 15 is 0 Å². The van der Waals surface area contributed by atoms with E-state index in [2.05, 4.69) is 4.98 Å². The summed E-state index contributed by atoms with van der Waals surface area (Å²) in [6.45, 7) is 1.77. The third-order valence-electron chi connectivity index (χ3n) is 2.94. The summed E-state index contributed by atoms with van der Waals surface area (Å²) < 4.78 is 19.1. The van der Waals surface area contributed by atoms with E-state index in [1.54, 1.807) is 24.5 Å². The summed E-state index contributed by atoms with van der Waals surface area (Å²) in [5.74, 6) is -0.552. The normalized spacial score (nSPS) is 10.3. The lowest BCUT2D eigenvalue weighted by molar-refractivity contribution is 0.100. The molecule has 3 nitrogen and oxygen atoms in total. The van der Waals surface area contributed by atoms with Crippen molar-refractivity contribution in [2.24, 2.45) is 0 Å². The average molecular weight is 273 g/mol. The minimum Gasteiger partial charge on any atom is -0.493 e. The van der Waals surface area contributed by atoms with Crippen LogP contribution in [-0.2, 0) is 6.42 Å². The lowest BCUT2D eigenvalue weighted by Crippen LogP contribution is -2.06. The summed E-state index contributed by atoms with van der Waals surface area (Å²) in [7, 11) is 0. The Balaban J connectivity index is 1.92. The van der Waals surface area contributed by atoms with Gasteiger partial charge in [-0.3, -0.25) is 9.78 Å². The third kappa shape index (κ3) is 3.63. The predicted molar refractivity (Wildman–Crippen MR) is 74.5 cm³/mol. The quantitative estimate of drug-likeness (QED) is 0.598. The summed E-state index contributed by atoms with van der Waals surface area (Å²) in [5, 5.41) is 0. The number of aryl methyl sites for hydroxylation is 1. The first kappa shape index (κ1) is 14.2. The molecule has 2 rings (SSSR count). The molecule has 0 unspecified atom stereocenters. The van der Waals surface area contributed by atoms with Crippen molar-refractivity contribution in [2.45, 2.75) is 19.8 Å². The molecule has 2 aromatic rings. The number of benzene rings is 1. The Morgan fingerprint density at radius 3 is 2.70 bits per heavy atom. The Hall–Kier alpha value is -2.23. The van der Waals surface area contributed by atoms with E-state index in [-0.39, 0.29) is 11.3 Å². The summed E-state index contributed by atoms with van der Waals surface area (Å²) in [6, 6.07) is 8.32. The SMILES string of the molecule is CC(=O)c1c(F)cccc1OCCCc1ccncc1. The van der Waals surface area contributed by atoms with Gasteiger partial charge in [0.1, 0.15) is 11.6 Å². The van der Waals surface area contributed by atoms with E-state index in [0.29, 0.717) is 12.4 Å². The van der Waals surface area contributed by atoms with Crippen LogP contribution in [0.4, 0.5) is 4.39 Å². The highest BCUT2D eigenvalue weighted by molar-refractivity contribution is 5.97. The highest BCUT2D eigenvalue weighted by atomic mass is 19.1. The summed E-state index contributed by atoms with van der Waals surface area (Å²) in [6.07, 6.45) is 5.14. The Bertz CT molecular complexity index is 584. The molecule has 0 aliphatic rings. The molecule has 0 saturated carbocycles. The molecule has 0 radical (unpaired) electrons. The first-order valence-electron chi connectivity index (χ1n) is 6.49. The molecule has 0 bridgehead atoms. The van der Waals surface area contributed by atoms with Crippen molar-refractivity contribution in [1.82, 2.24) is 4.98 Å². The van der Waals surface area contributed by atoms with Gasteiger partial charge in [0.05, 0.1) is 12.2 Å². The van der Waals surface area contributed by atoms with Gasteiger partial charge in [-0.05, 0) is 49.6 Å². The topological polar surface area (TPSA) is 39.2 Å². The minimum atomic E-state index is -0.538. The van der Waals surface area contributed by atoms with Crippen molar-refractivity contribution in [2.75, 3.05) is 6.61 Å². The number of ether oxygens (including phenoxy) is 1. The third-order valence-corrected chi connectivity index (χ3v) is 2.94. The van der Waals surface area contributed by atoms with Crippen LogP contribution in [0.2, 0.25) is 0 Å². The lowest BCUT2D eigenvalue weighted by atomic mass is 10.1. The molecule has 1 aromatic heterocycles. The average Bonchev–Trinajstić information content (AvgIpc) is 2.44. The molecular formula is C16H16FNO2. The Labute approximate surface area is 117 Å². The zero-order valence-corrected chi connectivity index (χ0v) is 11.3. The molecule has 0 aliphatic carbocycles. The highest BCUT2D eigenvalue weighted by Crippen LogP contribution is 2.22. The van der Waals surface area contributed by atoms with Crippen LogP contribution >= 0.6 is 0 Å². The smallest absolute Gasteiger partial charge is 0.166 e. The molecule has 0 aliphatic heterocycles. The van der Waals surface area contributed by atoms with E-state index in [1.807, 2.05) is 12.1 Å². The van der Waals surface area contributed by atoms with Gasteiger partial charge in [0.2, 0.25) is 0 Å². The largest absolute Gasteiger partial charge is 0.493 e. The van der Waals surface area contributed by atoms with Crippen molar-refractivity contribution in [3.8, 4) is 5.75 Å². The maximum absolute atomic E-state index is 13.6. The summed E-state index contributed by atoms with van der Waals surface area (Å²) >= 11 is 0. The van der Waals surface area contributed by atoms with Gasteiger partial charge in [-0.1, -0.05) is 6.07 Å². The standard InChI is InChI=1S/C16H16FNO2/c1-12(19)16-14(17)5-2-6-15(16)20-11-3-4-13-7-9-18-10-8-13/h2,5-10H,3-4,11H2,1H3. The van der Waals surface area contributed by atoms with Crippen LogP contribution in [0.5, 0.6) is 5.75 Å². The number of hydrogen-bond acceptors (Lipinski definition) is 3. The Morgan fingerprint density at radius 1 is 1.25 bits per heavy atom. The van der Waals surface area contributed by atoms with Crippen LogP contribution in [0.3, 0.4) is 0 Å². The minimum absolute atomic E-state index is 0.0245. The second-order valence-corrected chi connectivity index (χ2v) is 4.48. The number of aromatic nitrogens is 1. The van der Waals surface area contributed by atoms with Gasteiger partial charge >= 0.3 is 0 Å². The number of hydrogen-bond donors (Lipinski definition) is 0. The fraction of sp³-hybridized carbons (Fsp3) is 0.250. The van der Waals surface area contributed by atoms with Gasteiger partial charge in [0, 0.05) is 12.4 Å². The highest BCUT2D eigenvalue weighted by Gasteiger charge is 2.13. The van der Waals surface area contributed by atoms with Crippen LogP contribution in [0.15, 0.2) is 42.7 Å². The second-order valence-electron chi connectivity index (χ2n) is 4.48. The molecule has 20 heavy (non-hydrogen) atoms. The number of carbonyl (C=O) groups excluding carboxylic acids is 1. The van der Waals surface area contributed by atoms with Crippen molar-refractivity contribution < 1.29 is 13.9 Å². The molecule has 0 atom stereocenters. The molecular weight excluding hydrogens is 257 g/mol. The molecule has 1 aromatic carbocycles. The number of halogens is 1. The van der Waals surface area contributed by atoms with Gasteiger partial charge in [0.15, 0.2) is 5.78 Å². The summed E-state index contributed by atoms with van der Waals surface area (Å²) in [4.78, 5) is 15.4. The molecule has 0 amide bonds. The van der Waals surface area contributed by atoms with Gasteiger partial charge in [-0.25, -0.2) is 4.39 Å². The molecule has 0 saturated heterocycles. The molecule has 0 N–H and O–H groups in total. The lowest BCUT2D eigenvalue weighted by Gasteiger charge is -2.10. The van der Waals surface area contributed by atoms with Crippen LogP contribution in [0, 0.1) is 5.82 Å². The first-order valence-corrected chi connectivity index (χ1v) is 6.49. The van der Waals surface area contributed by atoms with E-state index in [9.17, 15) is 9.18 Å². The van der Waals surface area contributed by atoms with E-state index in [1.165, 1.54) is 18.6 Å². The fourth-order valence-corrected chi connectivity index (χ4v) is 1.97. The van der Waals surface area contributed by atoms with Crippen molar-refractivity contribution >= 4 is 5.78 Å². The molecule has 0 spiro atoms. The van der Waals surface area contributed by atoms with Gasteiger partial charge in [-0.15, -0.1) is 0 Å². The Kier molecular flexibility index (Phi) is 4.82. The fourth-order valence-electron chi connectivity index (χ4n) is 1.97. The zero-order valence-electron chi connectivity index (χ0n) is 11.3. The van der Waals surface area contributed by atoms with Gasteiger partial charge in [0.25, 0.3) is 0 Å². The maximum Gasteiger partial charge on any atom is 0.166 e.